The monoisotopic (exact) mass is 405 g/mol. The third kappa shape index (κ3) is 4.73. The molecule has 5 heteroatoms. The van der Waals surface area contributed by atoms with E-state index in [1.54, 1.807) is 0 Å². The highest BCUT2D eigenvalue weighted by Gasteiger charge is 2.19. The van der Waals surface area contributed by atoms with Crippen LogP contribution in [0.3, 0.4) is 0 Å². The van der Waals surface area contributed by atoms with E-state index in [0.717, 1.165) is 22.3 Å². The molecule has 4 nitrogen and oxygen atoms in total. The van der Waals surface area contributed by atoms with Gasteiger partial charge in [-0.2, -0.15) is 5.10 Å². The molecule has 1 N–H and O–H groups in total. The van der Waals surface area contributed by atoms with Crippen molar-refractivity contribution in [1.82, 2.24) is 9.78 Å². The summed E-state index contributed by atoms with van der Waals surface area (Å²) < 4.78 is 1.90. The summed E-state index contributed by atoms with van der Waals surface area (Å²) in [6.45, 7) is 4.51. The van der Waals surface area contributed by atoms with E-state index in [0.29, 0.717) is 12.1 Å². The molecule has 1 saturated carbocycles. The van der Waals surface area contributed by atoms with Gasteiger partial charge in [0.05, 0.1) is 17.8 Å². The molecule has 0 radical (unpaired) electrons. The number of amides is 1. The van der Waals surface area contributed by atoms with Crippen molar-refractivity contribution in [2.24, 2.45) is 0 Å². The molecule has 0 bridgehead atoms. The number of nitrogens with zero attached hydrogens (tertiary/aromatic N) is 2. The smallest absolute Gasteiger partial charge is 0.259 e. The van der Waals surface area contributed by atoms with Crippen LogP contribution in [0.2, 0.25) is 0 Å². The van der Waals surface area contributed by atoms with E-state index in [-0.39, 0.29) is 5.91 Å². The second-order valence-corrected chi connectivity index (χ2v) is 9.07. The van der Waals surface area contributed by atoms with Gasteiger partial charge in [-0.1, -0.05) is 43.2 Å². The van der Waals surface area contributed by atoms with Crippen molar-refractivity contribution in [2.45, 2.75) is 56.2 Å². The maximum absolute atomic E-state index is 12.9. The van der Waals surface area contributed by atoms with Crippen LogP contribution in [0.1, 0.15) is 53.0 Å². The van der Waals surface area contributed by atoms with Gasteiger partial charge in [0, 0.05) is 21.5 Å². The van der Waals surface area contributed by atoms with Crippen LogP contribution in [0.15, 0.2) is 59.5 Å². The molecule has 0 saturated heterocycles. The fourth-order valence-corrected chi connectivity index (χ4v) is 5.19. The highest BCUT2D eigenvalue weighted by Crippen LogP contribution is 2.35. The van der Waals surface area contributed by atoms with Crippen LogP contribution in [0.4, 0.5) is 5.69 Å². The number of nitrogens with one attached hydrogen (secondary N) is 1. The molecular weight excluding hydrogens is 378 g/mol. The number of rotatable bonds is 6. The normalized spacial score (nSPS) is 14.3. The van der Waals surface area contributed by atoms with Gasteiger partial charge in [0.2, 0.25) is 0 Å². The molecule has 1 aromatic heterocycles. The van der Waals surface area contributed by atoms with Crippen molar-refractivity contribution in [2.75, 3.05) is 5.32 Å². The molecule has 0 atom stereocenters. The molecule has 2 aromatic carbocycles. The average Bonchev–Trinajstić information content (AvgIpc) is 3.32. The quantitative estimate of drug-likeness (QED) is 0.561. The van der Waals surface area contributed by atoms with Gasteiger partial charge in [0.1, 0.15) is 0 Å². The number of hydrogen-bond donors (Lipinski definition) is 1. The minimum atomic E-state index is -0.101. The van der Waals surface area contributed by atoms with Crippen LogP contribution in [-0.2, 0) is 6.54 Å². The molecule has 4 rings (SSSR count). The minimum absolute atomic E-state index is 0.101. The highest BCUT2D eigenvalue weighted by atomic mass is 32.2. The van der Waals surface area contributed by atoms with Gasteiger partial charge in [-0.05, 0) is 56.5 Å². The van der Waals surface area contributed by atoms with Crippen LogP contribution in [0, 0.1) is 13.8 Å². The van der Waals surface area contributed by atoms with Crippen LogP contribution in [0.25, 0.3) is 0 Å². The Hall–Kier alpha value is -2.53. The fourth-order valence-electron chi connectivity index (χ4n) is 3.94. The zero-order valence-corrected chi connectivity index (χ0v) is 17.8. The van der Waals surface area contributed by atoms with Gasteiger partial charge >= 0.3 is 0 Å². The predicted molar refractivity (Wildman–Crippen MR) is 120 cm³/mol. The standard InChI is InChI=1S/C24H27N3OS/c1-17-23(18(2)27(26-17)16-19-8-4-3-5-9-19)24(28)25-20-12-14-22(15-13-20)29-21-10-6-7-11-21/h3-5,8-9,12-15,21H,6-7,10-11,16H2,1-2H3,(H,25,28). The minimum Gasteiger partial charge on any atom is -0.322 e. The van der Waals surface area contributed by atoms with Crippen LogP contribution in [-0.4, -0.2) is 20.9 Å². The molecule has 3 aromatic rings. The lowest BCUT2D eigenvalue weighted by Gasteiger charge is -2.10. The van der Waals surface area contributed by atoms with Crippen molar-refractivity contribution in [3.05, 3.63) is 77.1 Å². The van der Waals surface area contributed by atoms with Crippen LogP contribution in [0.5, 0.6) is 0 Å². The van der Waals surface area contributed by atoms with Crippen molar-refractivity contribution in [3.63, 3.8) is 0 Å². The summed E-state index contributed by atoms with van der Waals surface area (Å²) in [6.07, 6.45) is 5.33. The molecule has 0 aliphatic heterocycles. The first-order chi connectivity index (χ1) is 14.1. The first kappa shape index (κ1) is 19.8. The maximum atomic E-state index is 12.9. The van der Waals surface area contributed by atoms with E-state index >= 15 is 0 Å². The Morgan fingerprint density at radius 3 is 2.45 bits per heavy atom. The molecule has 1 heterocycles. The van der Waals surface area contributed by atoms with Gasteiger partial charge in [0.15, 0.2) is 0 Å². The Morgan fingerprint density at radius 1 is 1.07 bits per heavy atom. The summed E-state index contributed by atoms with van der Waals surface area (Å²) in [4.78, 5) is 14.2. The first-order valence-electron chi connectivity index (χ1n) is 10.3. The lowest BCUT2D eigenvalue weighted by molar-refractivity contribution is 0.102. The molecule has 0 spiro atoms. The van der Waals surface area contributed by atoms with Gasteiger partial charge in [-0.15, -0.1) is 11.8 Å². The second kappa shape index (κ2) is 8.87. The molecular formula is C24H27N3OS. The second-order valence-electron chi connectivity index (χ2n) is 7.69. The average molecular weight is 406 g/mol. The molecule has 1 aliphatic carbocycles. The molecule has 1 amide bonds. The third-order valence-corrected chi connectivity index (χ3v) is 6.85. The van der Waals surface area contributed by atoms with E-state index in [1.807, 2.05) is 60.6 Å². The zero-order valence-electron chi connectivity index (χ0n) is 17.0. The van der Waals surface area contributed by atoms with E-state index in [4.69, 9.17) is 0 Å². The van der Waals surface area contributed by atoms with Crippen molar-refractivity contribution in [1.29, 1.82) is 0 Å². The van der Waals surface area contributed by atoms with Crippen molar-refractivity contribution < 1.29 is 4.79 Å². The van der Waals surface area contributed by atoms with Crippen LogP contribution >= 0.6 is 11.8 Å². The Morgan fingerprint density at radius 2 is 1.76 bits per heavy atom. The lowest BCUT2D eigenvalue weighted by atomic mass is 10.1. The molecule has 1 fully saturated rings. The summed E-state index contributed by atoms with van der Waals surface area (Å²) in [5.41, 5.74) is 4.28. The Bertz CT molecular complexity index is 973. The Balaban J connectivity index is 1.44. The van der Waals surface area contributed by atoms with Gasteiger partial charge in [0.25, 0.3) is 5.91 Å². The topological polar surface area (TPSA) is 46.9 Å². The van der Waals surface area contributed by atoms with Gasteiger partial charge in [-0.25, -0.2) is 0 Å². The van der Waals surface area contributed by atoms with Gasteiger partial charge in [-0.3, -0.25) is 9.48 Å². The number of thioether (sulfide) groups is 1. The molecule has 29 heavy (non-hydrogen) atoms. The van der Waals surface area contributed by atoms with E-state index in [1.165, 1.54) is 36.1 Å². The first-order valence-corrected chi connectivity index (χ1v) is 11.1. The Kier molecular flexibility index (Phi) is 6.05. The molecule has 0 unspecified atom stereocenters. The summed E-state index contributed by atoms with van der Waals surface area (Å²) >= 11 is 1.96. The van der Waals surface area contributed by atoms with E-state index in [9.17, 15) is 4.79 Å². The highest BCUT2D eigenvalue weighted by molar-refractivity contribution is 8.00. The molecule has 1 aliphatic rings. The summed E-state index contributed by atoms with van der Waals surface area (Å²) in [5.74, 6) is -0.101. The van der Waals surface area contributed by atoms with E-state index in [2.05, 4.69) is 34.7 Å². The van der Waals surface area contributed by atoms with Crippen molar-refractivity contribution in [3.8, 4) is 0 Å². The maximum Gasteiger partial charge on any atom is 0.259 e. The number of aryl methyl sites for hydroxylation is 1. The number of anilines is 1. The van der Waals surface area contributed by atoms with Crippen LogP contribution < -0.4 is 5.32 Å². The van der Waals surface area contributed by atoms with Gasteiger partial charge < -0.3 is 5.32 Å². The predicted octanol–water partition coefficient (Wildman–Crippen LogP) is 5.84. The zero-order chi connectivity index (χ0) is 20.2. The number of carbonyl (C=O) groups is 1. The van der Waals surface area contributed by atoms with Crippen molar-refractivity contribution >= 4 is 23.4 Å². The summed E-state index contributed by atoms with van der Waals surface area (Å²) in [7, 11) is 0. The third-order valence-electron chi connectivity index (χ3n) is 5.50. The lowest BCUT2D eigenvalue weighted by Crippen LogP contribution is -2.14. The molecule has 150 valence electrons. The number of hydrogen-bond acceptors (Lipinski definition) is 3. The number of carbonyl (C=O) groups excluding carboxylic acids is 1. The SMILES string of the molecule is Cc1nn(Cc2ccccc2)c(C)c1C(=O)Nc1ccc(SC2CCCC2)cc1. The fraction of sp³-hybridized carbons (Fsp3) is 0.333. The number of aromatic nitrogens is 2. The summed E-state index contributed by atoms with van der Waals surface area (Å²) in [5, 5.41) is 8.37. The summed E-state index contributed by atoms with van der Waals surface area (Å²) in [6, 6.07) is 18.4. The number of benzene rings is 2. The largest absolute Gasteiger partial charge is 0.322 e. The Labute approximate surface area is 176 Å². The van der Waals surface area contributed by atoms with E-state index < -0.39 is 0 Å².